The fourth-order valence-electron chi connectivity index (χ4n) is 3.05. The summed E-state index contributed by atoms with van der Waals surface area (Å²) in [6.45, 7) is 6.26. The van der Waals surface area contributed by atoms with Crippen LogP contribution < -0.4 is 15.5 Å². The fraction of sp³-hybridized carbons (Fsp3) is 0.556. The van der Waals surface area contributed by atoms with E-state index in [0.29, 0.717) is 6.54 Å². The van der Waals surface area contributed by atoms with Crippen molar-refractivity contribution in [3.63, 3.8) is 0 Å². The van der Waals surface area contributed by atoms with Gasteiger partial charge >= 0.3 is 0 Å². The van der Waals surface area contributed by atoms with Gasteiger partial charge in [-0.25, -0.2) is 19.6 Å². The van der Waals surface area contributed by atoms with Crippen molar-refractivity contribution < 1.29 is 0 Å². The Morgan fingerprint density at radius 1 is 1.35 bits per heavy atom. The summed E-state index contributed by atoms with van der Waals surface area (Å²) in [7, 11) is 3.98. The molecular weight excluding hydrogens is 328 g/mol. The molecule has 1 atom stereocenters. The van der Waals surface area contributed by atoms with E-state index in [-0.39, 0.29) is 6.04 Å². The maximum absolute atomic E-state index is 4.71. The number of guanidine groups is 1. The third-order valence-electron chi connectivity index (χ3n) is 4.29. The lowest BCUT2D eigenvalue weighted by atomic mass is 10.1. The van der Waals surface area contributed by atoms with Crippen LogP contribution in [0.15, 0.2) is 23.2 Å². The van der Waals surface area contributed by atoms with Crippen LogP contribution in [0, 0.1) is 6.92 Å². The van der Waals surface area contributed by atoms with Gasteiger partial charge in [-0.15, -0.1) is 0 Å². The number of aliphatic imine (C=N–C) groups is 1. The van der Waals surface area contributed by atoms with Crippen LogP contribution in [-0.2, 0) is 13.1 Å². The highest BCUT2D eigenvalue weighted by molar-refractivity contribution is 5.80. The molecule has 0 fully saturated rings. The molecule has 2 aromatic rings. The summed E-state index contributed by atoms with van der Waals surface area (Å²) in [6.07, 6.45) is 2.11. The Morgan fingerprint density at radius 2 is 2.19 bits per heavy atom. The van der Waals surface area contributed by atoms with Crippen LogP contribution in [-0.4, -0.2) is 46.3 Å². The Bertz CT molecular complexity index is 764. The third kappa shape index (κ3) is 4.30. The van der Waals surface area contributed by atoms with Crippen molar-refractivity contribution in [2.45, 2.75) is 45.8 Å². The van der Waals surface area contributed by atoms with E-state index in [0.717, 1.165) is 55.1 Å². The van der Waals surface area contributed by atoms with Gasteiger partial charge in [0.15, 0.2) is 5.96 Å². The summed E-state index contributed by atoms with van der Waals surface area (Å²) in [6, 6.07) is 6.14. The zero-order chi connectivity index (χ0) is 18.5. The van der Waals surface area contributed by atoms with Gasteiger partial charge in [-0.05, 0) is 38.8 Å². The van der Waals surface area contributed by atoms with Gasteiger partial charge in [-0.1, -0.05) is 6.07 Å². The molecule has 140 valence electrons. The lowest BCUT2D eigenvalue weighted by Gasteiger charge is -2.25. The Morgan fingerprint density at radius 3 is 2.96 bits per heavy atom. The number of hydrogen-bond donors (Lipinski definition) is 2. The minimum absolute atomic E-state index is 0.129. The third-order valence-corrected chi connectivity index (χ3v) is 4.29. The Kier molecular flexibility index (Phi) is 5.70. The van der Waals surface area contributed by atoms with Gasteiger partial charge in [0.1, 0.15) is 17.5 Å². The van der Waals surface area contributed by atoms with Crippen LogP contribution >= 0.6 is 0 Å². The number of aromatic nitrogens is 4. The molecule has 0 aromatic carbocycles. The molecule has 8 heteroatoms. The van der Waals surface area contributed by atoms with Gasteiger partial charge in [-0.3, -0.25) is 0 Å². The van der Waals surface area contributed by atoms with Gasteiger partial charge in [0.25, 0.3) is 0 Å². The monoisotopic (exact) mass is 356 g/mol. The van der Waals surface area contributed by atoms with Crippen molar-refractivity contribution in [1.29, 1.82) is 0 Å². The maximum atomic E-state index is 4.71. The van der Waals surface area contributed by atoms with Crippen molar-refractivity contribution >= 4 is 11.8 Å². The summed E-state index contributed by atoms with van der Waals surface area (Å²) < 4.78 is 2.00. The number of aryl methyl sites for hydroxylation is 2. The number of rotatable bonds is 5. The summed E-state index contributed by atoms with van der Waals surface area (Å²) in [4.78, 5) is 15.9. The fourth-order valence-corrected chi connectivity index (χ4v) is 3.05. The summed E-state index contributed by atoms with van der Waals surface area (Å²) >= 11 is 0. The van der Waals surface area contributed by atoms with Crippen molar-refractivity contribution in [1.82, 2.24) is 30.4 Å². The second kappa shape index (κ2) is 8.16. The second-order valence-corrected chi connectivity index (χ2v) is 6.66. The Hall–Kier alpha value is -2.64. The zero-order valence-electron chi connectivity index (χ0n) is 16.0. The lowest BCUT2D eigenvalue weighted by molar-refractivity contribution is 0.397. The molecule has 0 saturated heterocycles. The van der Waals surface area contributed by atoms with Crippen LogP contribution in [0.1, 0.15) is 43.1 Å². The van der Waals surface area contributed by atoms with Crippen molar-refractivity contribution in [3.05, 3.63) is 35.5 Å². The van der Waals surface area contributed by atoms with E-state index in [4.69, 9.17) is 4.99 Å². The molecule has 0 aliphatic carbocycles. The average Bonchev–Trinajstić information content (AvgIpc) is 3.01. The van der Waals surface area contributed by atoms with Crippen molar-refractivity contribution in [3.8, 4) is 0 Å². The SMILES string of the molecule is CCNC(=NCc1cccc(N(C)C)n1)NC1CCCn2nc(C)nc21. The molecule has 2 N–H and O–H groups in total. The standard InChI is InChI=1S/C18H28N8/c1-5-19-18(20-12-14-8-6-10-16(22-14)25(3)4)23-15-9-7-11-26-17(15)21-13(2)24-26/h6,8,10,15H,5,7,9,11-12H2,1-4H3,(H2,19,20,23). The van der Waals surface area contributed by atoms with Gasteiger partial charge in [-0.2, -0.15) is 5.10 Å². The number of anilines is 1. The van der Waals surface area contributed by atoms with Gasteiger partial charge in [0, 0.05) is 27.2 Å². The van der Waals surface area contributed by atoms with Crippen LogP contribution in [0.5, 0.6) is 0 Å². The maximum Gasteiger partial charge on any atom is 0.192 e. The van der Waals surface area contributed by atoms with Crippen LogP contribution in [0.25, 0.3) is 0 Å². The van der Waals surface area contributed by atoms with Crippen LogP contribution in [0.3, 0.4) is 0 Å². The summed E-state index contributed by atoms with van der Waals surface area (Å²) in [5, 5.41) is 11.3. The molecule has 3 rings (SSSR count). The molecule has 1 unspecified atom stereocenters. The molecule has 0 spiro atoms. The first kappa shape index (κ1) is 18.2. The molecule has 0 saturated carbocycles. The highest BCUT2D eigenvalue weighted by Gasteiger charge is 2.24. The lowest BCUT2D eigenvalue weighted by Crippen LogP contribution is -2.41. The predicted octanol–water partition coefficient (Wildman–Crippen LogP) is 1.64. The first-order chi connectivity index (χ1) is 12.6. The normalized spacial score (nSPS) is 16.9. The van der Waals surface area contributed by atoms with Gasteiger partial charge < -0.3 is 15.5 Å². The summed E-state index contributed by atoms with van der Waals surface area (Å²) in [5.41, 5.74) is 0.941. The molecular formula is C18H28N8. The molecule has 1 aliphatic heterocycles. The van der Waals surface area contributed by atoms with E-state index in [9.17, 15) is 0 Å². The largest absolute Gasteiger partial charge is 0.363 e. The van der Waals surface area contributed by atoms with E-state index in [1.165, 1.54) is 0 Å². The number of nitrogens with one attached hydrogen (secondary N) is 2. The molecule has 1 aliphatic rings. The van der Waals surface area contributed by atoms with E-state index in [2.05, 4.69) is 32.6 Å². The average molecular weight is 356 g/mol. The minimum Gasteiger partial charge on any atom is -0.363 e. The van der Waals surface area contributed by atoms with E-state index < -0.39 is 0 Å². The first-order valence-corrected chi connectivity index (χ1v) is 9.16. The molecule has 3 heterocycles. The van der Waals surface area contributed by atoms with Gasteiger partial charge in [0.05, 0.1) is 18.3 Å². The van der Waals surface area contributed by atoms with Crippen molar-refractivity contribution in [2.75, 3.05) is 25.5 Å². The van der Waals surface area contributed by atoms with E-state index in [1.807, 2.05) is 48.8 Å². The van der Waals surface area contributed by atoms with E-state index >= 15 is 0 Å². The zero-order valence-corrected chi connectivity index (χ0v) is 16.0. The molecule has 26 heavy (non-hydrogen) atoms. The number of nitrogens with zero attached hydrogens (tertiary/aromatic N) is 6. The predicted molar refractivity (Wildman–Crippen MR) is 103 cm³/mol. The number of hydrogen-bond acceptors (Lipinski definition) is 5. The highest BCUT2D eigenvalue weighted by Crippen LogP contribution is 2.22. The Balaban J connectivity index is 1.73. The smallest absolute Gasteiger partial charge is 0.192 e. The number of pyridine rings is 1. The Labute approximate surface area is 154 Å². The molecule has 0 radical (unpaired) electrons. The van der Waals surface area contributed by atoms with Gasteiger partial charge in [0.2, 0.25) is 0 Å². The van der Waals surface area contributed by atoms with Crippen LogP contribution in [0.2, 0.25) is 0 Å². The van der Waals surface area contributed by atoms with Crippen LogP contribution in [0.4, 0.5) is 5.82 Å². The molecule has 2 aromatic heterocycles. The topological polar surface area (TPSA) is 83.3 Å². The van der Waals surface area contributed by atoms with Crippen molar-refractivity contribution in [2.24, 2.45) is 4.99 Å². The quantitative estimate of drug-likeness (QED) is 0.626. The highest BCUT2D eigenvalue weighted by atomic mass is 15.4. The molecule has 0 bridgehead atoms. The molecule has 0 amide bonds. The van der Waals surface area contributed by atoms with E-state index in [1.54, 1.807) is 0 Å². The number of fused-ring (bicyclic) bond motifs is 1. The first-order valence-electron chi connectivity index (χ1n) is 9.16. The second-order valence-electron chi connectivity index (χ2n) is 6.66. The summed E-state index contributed by atoms with van der Waals surface area (Å²) in [5.74, 6) is 3.53. The molecule has 8 nitrogen and oxygen atoms in total. The minimum atomic E-state index is 0.129.